The highest BCUT2D eigenvalue weighted by Crippen LogP contribution is 2.61. The molecule has 0 amide bonds. The van der Waals surface area contributed by atoms with Gasteiger partial charge in [-0.15, -0.1) is 0 Å². The Bertz CT molecular complexity index is 1360. The molecule has 0 heterocycles. The van der Waals surface area contributed by atoms with Crippen LogP contribution in [0.5, 0.6) is 5.75 Å². The number of aromatic hydroxyl groups is 1. The minimum atomic E-state index is -1.09. The molecule has 4 aliphatic rings. The first-order chi connectivity index (χ1) is 20.2. The Labute approximate surface area is 300 Å². The molecular weight excluding hydrogens is 616 g/mol. The van der Waals surface area contributed by atoms with E-state index in [0.717, 1.165) is 68.1 Å². The van der Waals surface area contributed by atoms with E-state index in [0.29, 0.717) is 23.8 Å². The Balaban J connectivity index is 0. The summed E-state index contributed by atoms with van der Waals surface area (Å²) in [5.41, 5.74) is -1.70. The fourth-order valence-corrected chi connectivity index (χ4v) is 9.81. The second-order valence-electron chi connectivity index (χ2n) is 15.2. The summed E-state index contributed by atoms with van der Waals surface area (Å²) >= 11 is 0. The van der Waals surface area contributed by atoms with Crippen molar-refractivity contribution >= 4 is 5.97 Å². The van der Waals surface area contributed by atoms with Crippen molar-refractivity contribution in [3.63, 3.8) is 0 Å². The zero-order valence-electron chi connectivity index (χ0n) is 26.6. The highest BCUT2D eigenvalue weighted by atomic mass is 19.1. The molecule has 280 valence electrons. The third-order valence-electron chi connectivity index (χ3n) is 11.7. The number of carbonyl (C=O) groups is 1. The predicted molar refractivity (Wildman–Crippen MR) is 204 cm³/mol. The summed E-state index contributed by atoms with van der Waals surface area (Å²) in [6.07, 6.45) is 7.80. The standard InChI is InChI=1S/C37H47F2NO3.6CH4/c1-7-35(5,26-11-9-23(20-40)10-12-26)22-36(6,21-34(3,4)32-30(38)18-29(41)19-31(32)39)33(42)43-37(8-2)27-14-24-13-25(16-27)17-28(37)15-24;;;;;;/h9-12,18-19,24-25,27-28,41H,7-8,13-17,21-22H2,1-6H3;6*1H4. The molecule has 2 atom stereocenters. The van der Waals surface area contributed by atoms with Crippen molar-refractivity contribution in [1.29, 1.82) is 5.26 Å². The lowest BCUT2D eigenvalue weighted by Crippen LogP contribution is -2.60. The maximum atomic E-state index is 15.3. The van der Waals surface area contributed by atoms with Gasteiger partial charge in [0.2, 0.25) is 0 Å². The van der Waals surface area contributed by atoms with Crippen molar-refractivity contribution in [1.82, 2.24) is 0 Å². The molecule has 4 nitrogen and oxygen atoms in total. The van der Waals surface area contributed by atoms with Crippen LogP contribution in [0.15, 0.2) is 36.4 Å². The first-order valence-electron chi connectivity index (χ1n) is 16.1. The van der Waals surface area contributed by atoms with Gasteiger partial charge < -0.3 is 9.84 Å². The predicted octanol–water partition coefficient (Wildman–Crippen LogP) is 12.9. The van der Waals surface area contributed by atoms with Crippen LogP contribution in [0.1, 0.15) is 161 Å². The molecule has 2 aromatic rings. The molecule has 2 aromatic carbocycles. The maximum Gasteiger partial charge on any atom is 0.312 e. The van der Waals surface area contributed by atoms with Gasteiger partial charge in [0, 0.05) is 17.7 Å². The van der Waals surface area contributed by atoms with E-state index in [1.165, 1.54) is 6.42 Å². The van der Waals surface area contributed by atoms with Gasteiger partial charge in [-0.3, -0.25) is 4.79 Å². The van der Waals surface area contributed by atoms with Gasteiger partial charge in [0.15, 0.2) is 0 Å². The molecular formula is C43H71F2NO3. The van der Waals surface area contributed by atoms with Gasteiger partial charge in [0.05, 0.1) is 17.0 Å². The normalized spacial score (nSPS) is 25.4. The lowest BCUT2D eigenvalue weighted by Gasteiger charge is -2.60. The smallest absolute Gasteiger partial charge is 0.312 e. The van der Waals surface area contributed by atoms with Crippen LogP contribution in [0.4, 0.5) is 8.78 Å². The van der Waals surface area contributed by atoms with Gasteiger partial charge in [0.25, 0.3) is 0 Å². The Morgan fingerprint density at radius 3 is 1.73 bits per heavy atom. The van der Waals surface area contributed by atoms with Crippen molar-refractivity contribution in [2.24, 2.45) is 29.1 Å². The van der Waals surface area contributed by atoms with Gasteiger partial charge in [-0.05, 0) is 117 Å². The van der Waals surface area contributed by atoms with Crippen LogP contribution in [0, 0.1) is 52.1 Å². The maximum absolute atomic E-state index is 15.3. The molecule has 0 spiro atoms. The van der Waals surface area contributed by atoms with Crippen LogP contribution in [-0.2, 0) is 20.4 Å². The molecule has 4 aliphatic carbocycles. The molecule has 4 fully saturated rings. The minimum absolute atomic E-state index is 0. The fourth-order valence-electron chi connectivity index (χ4n) is 9.81. The van der Waals surface area contributed by atoms with Gasteiger partial charge in [0.1, 0.15) is 23.0 Å². The molecule has 6 rings (SSSR count). The van der Waals surface area contributed by atoms with Gasteiger partial charge in [-0.1, -0.05) is 91.3 Å². The number of carbonyl (C=O) groups excluding carboxylic acids is 1. The Morgan fingerprint density at radius 1 is 0.857 bits per heavy atom. The van der Waals surface area contributed by atoms with E-state index in [9.17, 15) is 15.2 Å². The zero-order valence-corrected chi connectivity index (χ0v) is 26.6. The summed E-state index contributed by atoms with van der Waals surface area (Å²) in [5.74, 6) is -0.233. The number of hydrogen-bond donors (Lipinski definition) is 1. The van der Waals surface area contributed by atoms with E-state index >= 15 is 8.78 Å². The Hall–Kier alpha value is -2.94. The van der Waals surface area contributed by atoms with Crippen molar-refractivity contribution in [3.8, 4) is 11.8 Å². The molecule has 4 bridgehead atoms. The summed E-state index contributed by atoms with van der Waals surface area (Å²) in [6, 6.07) is 11.5. The number of halogens is 2. The third-order valence-corrected chi connectivity index (χ3v) is 11.7. The highest BCUT2D eigenvalue weighted by Gasteiger charge is 2.60. The van der Waals surface area contributed by atoms with E-state index in [1.807, 2.05) is 19.1 Å². The van der Waals surface area contributed by atoms with Crippen LogP contribution >= 0.6 is 0 Å². The summed E-state index contributed by atoms with van der Waals surface area (Å²) in [5, 5.41) is 19.2. The summed E-state index contributed by atoms with van der Waals surface area (Å²) in [4.78, 5) is 14.8. The minimum Gasteiger partial charge on any atom is -0.508 e. The first kappa shape index (κ1) is 48.2. The molecule has 0 aromatic heterocycles. The second kappa shape index (κ2) is 17.3. The number of phenolic OH excluding ortho intramolecular Hbond substituents is 1. The van der Waals surface area contributed by atoms with Crippen molar-refractivity contribution in [2.45, 2.75) is 160 Å². The number of nitriles is 1. The Kier molecular flexibility index (Phi) is 17.0. The van der Waals surface area contributed by atoms with Gasteiger partial charge in [-0.2, -0.15) is 5.26 Å². The molecule has 0 radical (unpaired) electrons. The average molecular weight is 688 g/mol. The Morgan fingerprint density at radius 2 is 1.33 bits per heavy atom. The lowest BCUT2D eigenvalue weighted by molar-refractivity contribution is -0.220. The lowest BCUT2D eigenvalue weighted by atomic mass is 9.49. The van der Waals surface area contributed by atoms with E-state index < -0.39 is 39.2 Å². The number of rotatable bonds is 10. The molecule has 4 saturated carbocycles. The van der Waals surface area contributed by atoms with E-state index in [4.69, 9.17) is 4.74 Å². The third kappa shape index (κ3) is 8.69. The molecule has 2 unspecified atom stereocenters. The first-order valence-corrected chi connectivity index (χ1v) is 16.1. The summed E-state index contributed by atoms with van der Waals surface area (Å²) in [6.45, 7) is 11.8. The highest BCUT2D eigenvalue weighted by molar-refractivity contribution is 5.77. The number of phenols is 1. The quantitative estimate of drug-likeness (QED) is 0.252. The SMILES string of the molecule is C.C.C.C.C.C.CCC(C)(CC(C)(CC(C)(C)c1c(F)cc(O)cc1F)C(=O)OC1(CC)C2CC3CC(C2)CC1C3)c1ccc(C#N)cc1. The molecule has 49 heavy (non-hydrogen) atoms. The number of ether oxygens (including phenoxy) is 1. The van der Waals surface area contributed by atoms with Crippen LogP contribution < -0.4 is 0 Å². The molecule has 6 heteroatoms. The molecule has 0 saturated heterocycles. The van der Waals surface area contributed by atoms with Crippen LogP contribution in [0.3, 0.4) is 0 Å². The van der Waals surface area contributed by atoms with Crippen molar-refractivity contribution in [3.05, 3.63) is 64.7 Å². The zero-order chi connectivity index (χ0) is 31.4. The number of nitrogens with zero attached hydrogens (tertiary/aromatic N) is 1. The van der Waals surface area contributed by atoms with E-state index in [2.05, 4.69) is 26.8 Å². The number of esters is 1. The average Bonchev–Trinajstić information content (AvgIpc) is 2.93. The van der Waals surface area contributed by atoms with Gasteiger partial charge in [-0.25, -0.2) is 8.78 Å². The summed E-state index contributed by atoms with van der Waals surface area (Å²) in [7, 11) is 0. The van der Waals surface area contributed by atoms with Crippen LogP contribution in [0.25, 0.3) is 0 Å². The van der Waals surface area contributed by atoms with Crippen LogP contribution in [-0.4, -0.2) is 16.7 Å². The number of hydrogen-bond acceptors (Lipinski definition) is 4. The largest absolute Gasteiger partial charge is 0.508 e. The van der Waals surface area contributed by atoms with Crippen LogP contribution in [0.2, 0.25) is 0 Å². The fraction of sp³-hybridized carbons (Fsp3) is 0.674. The monoisotopic (exact) mass is 688 g/mol. The van der Waals surface area contributed by atoms with Crippen molar-refractivity contribution < 1.29 is 23.4 Å². The van der Waals surface area contributed by atoms with E-state index in [1.54, 1.807) is 26.0 Å². The number of benzene rings is 2. The van der Waals surface area contributed by atoms with Gasteiger partial charge >= 0.3 is 5.97 Å². The molecule has 1 N–H and O–H groups in total. The van der Waals surface area contributed by atoms with E-state index in [-0.39, 0.29) is 62.5 Å². The topological polar surface area (TPSA) is 70.3 Å². The summed E-state index contributed by atoms with van der Waals surface area (Å²) < 4.78 is 37.4. The second-order valence-corrected chi connectivity index (χ2v) is 15.2. The van der Waals surface area contributed by atoms with Crippen molar-refractivity contribution in [2.75, 3.05) is 0 Å². The molecule has 0 aliphatic heterocycles.